The molecule has 35 heavy (non-hydrogen) atoms. The third-order valence-corrected chi connectivity index (χ3v) is 6.51. The molecule has 0 spiro atoms. The molecule has 0 saturated carbocycles. The maximum Gasteiger partial charge on any atom is 0.246 e. The standard InChI is InChI=1S/C27H26N4O4/c28-12-3-13-31-17-20(22-4-1-2-5-23(22)31)6-9-26(32)30-14-10-19(11-15-30)27(33)29-21-7-8-24-25(16-21)35-18-34-24/h1-2,4-9,16-17,19H,3,10-11,13-15,18H2,(H,29,33)/b9-6+. The number of amides is 2. The number of likely N-dealkylation sites (tertiary alicyclic amines) is 1. The van der Waals surface area contributed by atoms with E-state index in [1.165, 1.54) is 0 Å². The van der Waals surface area contributed by atoms with E-state index in [-0.39, 0.29) is 24.5 Å². The van der Waals surface area contributed by atoms with E-state index in [0.29, 0.717) is 56.1 Å². The predicted molar refractivity (Wildman–Crippen MR) is 132 cm³/mol. The van der Waals surface area contributed by atoms with Gasteiger partial charge in [-0.15, -0.1) is 0 Å². The minimum Gasteiger partial charge on any atom is -0.454 e. The van der Waals surface area contributed by atoms with Gasteiger partial charge < -0.3 is 24.3 Å². The number of rotatable bonds is 6. The lowest BCUT2D eigenvalue weighted by Crippen LogP contribution is -2.40. The first-order chi connectivity index (χ1) is 17.1. The number of nitrogens with zero attached hydrogens (tertiary/aromatic N) is 3. The fraction of sp³-hybridized carbons (Fsp3) is 0.296. The number of hydrogen-bond donors (Lipinski definition) is 1. The van der Waals surface area contributed by atoms with Gasteiger partial charge in [0.25, 0.3) is 0 Å². The number of nitriles is 1. The van der Waals surface area contributed by atoms with Gasteiger partial charge >= 0.3 is 0 Å². The van der Waals surface area contributed by atoms with Crippen LogP contribution in [0, 0.1) is 17.2 Å². The van der Waals surface area contributed by atoms with Gasteiger partial charge in [-0.05, 0) is 37.1 Å². The minimum atomic E-state index is -0.147. The van der Waals surface area contributed by atoms with Crippen molar-refractivity contribution >= 4 is 34.5 Å². The molecule has 0 unspecified atom stereocenters. The van der Waals surface area contributed by atoms with E-state index >= 15 is 0 Å². The summed E-state index contributed by atoms with van der Waals surface area (Å²) >= 11 is 0. The van der Waals surface area contributed by atoms with Crippen molar-refractivity contribution in [2.24, 2.45) is 5.92 Å². The summed E-state index contributed by atoms with van der Waals surface area (Å²) in [6.45, 7) is 1.87. The maximum absolute atomic E-state index is 12.8. The Balaban J connectivity index is 1.17. The quantitative estimate of drug-likeness (QED) is 0.546. The number of fused-ring (bicyclic) bond motifs is 2. The highest BCUT2D eigenvalue weighted by Gasteiger charge is 2.27. The molecule has 1 N–H and O–H groups in total. The van der Waals surface area contributed by atoms with Gasteiger partial charge in [-0.3, -0.25) is 9.59 Å². The zero-order valence-electron chi connectivity index (χ0n) is 19.3. The van der Waals surface area contributed by atoms with Gasteiger partial charge in [-0.25, -0.2) is 0 Å². The molecule has 0 aliphatic carbocycles. The van der Waals surface area contributed by atoms with Crippen molar-refractivity contribution in [1.82, 2.24) is 9.47 Å². The molecule has 2 aromatic carbocycles. The van der Waals surface area contributed by atoms with E-state index < -0.39 is 0 Å². The minimum absolute atomic E-state index is 0.0447. The number of carbonyl (C=O) groups excluding carboxylic acids is 2. The number of aromatic nitrogens is 1. The fourth-order valence-corrected chi connectivity index (χ4v) is 4.61. The van der Waals surface area contributed by atoms with Crippen LogP contribution in [0.4, 0.5) is 5.69 Å². The molecule has 0 atom stereocenters. The maximum atomic E-state index is 12.8. The zero-order valence-corrected chi connectivity index (χ0v) is 19.3. The van der Waals surface area contributed by atoms with Crippen LogP contribution in [0.25, 0.3) is 17.0 Å². The Morgan fingerprint density at radius 3 is 2.74 bits per heavy atom. The van der Waals surface area contributed by atoms with Gasteiger partial charge in [-0.2, -0.15) is 5.26 Å². The number of benzene rings is 2. The molecular weight excluding hydrogens is 444 g/mol. The molecule has 5 rings (SSSR count). The van der Waals surface area contributed by atoms with Crippen LogP contribution in [0.15, 0.2) is 54.7 Å². The van der Waals surface area contributed by atoms with E-state index in [1.807, 2.05) is 41.1 Å². The van der Waals surface area contributed by atoms with Crippen molar-refractivity contribution in [3.63, 3.8) is 0 Å². The summed E-state index contributed by atoms with van der Waals surface area (Å²) in [5.41, 5.74) is 2.67. The number of hydrogen-bond acceptors (Lipinski definition) is 5. The highest BCUT2D eigenvalue weighted by atomic mass is 16.7. The Labute approximate surface area is 203 Å². The first kappa shape index (κ1) is 22.5. The highest BCUT2D eigenvalue weighted by molar-refractivity contribution is 5.97. The summed E-state index contributed by atoms with van der Waals surface area (Å²) in [4.78, 5) is 27.3. The van der Waals surface area contributed by atoms with Crippen LogP contribution in [0.3, 0.4) is 0 Å². The number of piperidine rings is 1. The van der Waals surface area contributed by atoms with E-state index in [0.717, 1.165) is 16.5 Å². The van der Waals surface area contributed by atoms with Crippen molar-refractivity contribution in [3.8, 4) is 17.6 Å². The predicted octanol–water partition coefficient (Wildman–Crippen LogP) is 4.17. The van der Waals surface area contributed by atoms with E-state index in [4.69, 9.17) is 14.7 Å². The second-order valence-electron chi connectivity index (χ2n) is 8.69. The van der Waals surface area contributed by atoms with Crippen molar-refractivity contribution in [2.75, 3.05) is 25.2 Å². The first-order valence-corrected chi connectivity index (χ1v) is 11.7. The lowest BCUT2D eigenvalue weighted by atomic mass is 9.95. The van der Waals surface area contributed by atoms with Crippen LogP contribution < -0.4 is 14.8 Å². The van der Waals surface area contributed by atoms with Crippen molar-refractivity contribution < 1.29 is 19.1 Å². The van der Waals surface area contributed by atoms with Crippen LogP contribution >= 0.6 is 0 Å². The van der Waals surface area contributed by atoms with Crippen molar-refractivity contribution in [3.05, 3.63) is 60.3 Å². The Hall–Kier alpha value is -4.25. The Morgan fingerprint density at radius 2 is 1.91 bits per heavy atom. The summed E-state index contributed by atoms with van der Waals surface area (Å²) in [5, 5.41) is 12.9. The lowest BCUT2D eigenvalue weighted by molar-refractivity contribution is -0.130. The van der Waals surface area contributed by atoms with Gasteiger partial charge in [0.2, 0.25) is 18.6 Å². The molecule has 2 aliphatic heterocycles. The van der Waals surface area contributed by atoms with E-state index in [2.05, 4.69) is 11.4 Å². The van der Waals surface area contributed by atoms with E-state index in [1.54, 1.807) is 29.2 Å². The highest BCUT2D eigenvalue weighted by Crippen LogP contribution is 2.34. The normalized spacial score (nSPS) is 15.5. The molecule has 178 valence electrons. The van der Waals surface area contributed by atoms with Crippen LogP contribution in [-0.4, -0.2) is 41.2 Å². The lowest BCUT2D eigenvalue weighted by Gasteiger charge is -2.30. The molecule has 8 heteroatoms. The summed E-state index contributed by atoms with van der Waals surface area (Å²) in [6.07, 6.45) is 7.08. The third-order valence-electron chi connectivity index (χ3n) is 6.51. The number of aryl methyl sites for hydroxylation is 1. The van der Waals surface area contributed by atoms with Crippen molar-refractivity contribution in [1.29, 1.82) is 5.26 Å². The molecule has 3 aromatic rings. The summed E-state index contributed by atoms with van der Waals surface area (Å²) in [7, 11) is 0. The van der Waals surface area contributed by atoms with Crippen molar-refractivity contribution in [2.45, 2.75) is 25.8 Å². The van der Waals surface area contributed by atoms with Gasteiger partial charge in [0, 0.05) is 66.0 Å². The summed E-state index contributed by atoms with van der Waals surface area (Å²) < 4.78 is 12.7. The van der Waals surface area contributed by atoms with Crippen LogP contribution in [0.2, 0.25) is 0 Å². The third kappa shape index (κ3) is 4.85. The molecule has 2 amide bonds. The largest absolute Gasteiger partial charge is 0.454 e. The molecule has 2 aliphatic rings. The molecule has 1 aromatic heterocycles. The number of nitrogens with one attached hydrogen (secondary N) is 1. The second-order valence-corrected chi connectivity index (χ2v) is 8.69. The van der Waals surface area contributed by atoms with E-state index in [9.17, 15) is 9.59 Å². The molecule has 0 radical (unpaired) electrons. The van der Waals surface area contributed by atoms with Crippen LogP contribution in [0.5, 0.6) is 11.5 Å². The number of para-hydroxylation sites is 1. The average Bonchev–Trinajstić information content (AvgIpc) is 3.50. The molecule has 8 nitrogen and oxygen atoms in total. The topological polar surface area (TPSA) is 96.6 Å². The van der Waals surface area contributed by atoms with Crippen LogP contribution in [-0.2, 0) is 16.1 Å². The Bertz CT molecular complexity index is 1330. The SMILES string of the molecule is N#CCCn1cc(/C=C/C(=O)N2CCC(C(=O)Nc3ccc4c(c3)OCO4)CC2)c2ccccc21. The molecule has 1 fully saturated rings. The molecule has 0 bridgehead atoms. The van der Waals surface area contributed by atoms with Gasteiger partial charge in [0.15, 0.2) is 11.5 Å². The van der Waals surface area contributed by atoms with Crippen LogP contribution in [0.1, 0.15) is 24.8 Å². The smallest absolute Gasteiger partial charge is 0.246 e. The monoisotopic (exact) mass is 470 g/mol. The first-order valence-electron chi connectivity index (χ1n) is 11.7. The Morgan fingerprint density at radius 1 is 1.11 bits per heavy atom. The molecular formula is C27H26N4O4. The summed E-state index contributed by atoms with van der Waals surface area (Å²) in [5.74, 6) is 1.05. The Kier molecular flexibility index (Phi) is 6.40. The second kappa shape index (κ2) is 9.94. The zero-order chi connectivity index (χ0) is 24.2. The van der Waals surface area contributed by atoms with Gasteiger partial charge in [-0.1, -0.05) is 18.2 Å². The number of carbonyl (C=O) groups is 2. The summed E-state index contributed by atoms with van der Waals surface area (Å²) in [6, 6.07) is 15.5. The number of ether oxygens (including phenoxy) is 2. The average molecular weight is 471 g/mol. The molecule has 3 heterocycles. The van der Waals surface area contributed by atoms with Gasteiger partial charge in [0.1, 0.15) is 0 Å². The molecule has 1 saturated heterocycles. The van der Waals surface area contributed by atoms with Gasteiger partial charge in [0.05, 0.1) is 12.5 Å². The number of anilines is 1. The fourth-order valence-electron chi connectivity index (χ4n) is 4.61.